The highest BCUT2D eigenvalue weighted by molar-refractivity contribution is 14.1. The first kappa shape index (κ1) is 23.6. The first-order chi connectivity index (χ1) is 13.5. The third-order valence-corrected chi connectivity index (χ3v) is 6.29. The van der Waals surface area contributed by atoms with Crippen molar-refractivity contribution in [1.29, 1.82) is 0 Å². The number of rotatable bonds is 3. The number of hydrogen-bond acceptors (Lipinski definition) is 6. The van der Waals surface area contributed by atoms with Crippen molar-refractivity contribution in [1.82, 2.24) is 29.2 Å². The van der Waals surface area contributed by atoms with Gasteiger partial charge in [0.2, 0.25) is 0 Å². The van der Waals surface area contributed by atoms with Crippen molar-refractivity contribution >= 4 is 110 Å². The average Bonchev–Trinajstić information content (AvgIpc) is 3.17. The summed E-state index contributed by atoms with van der Waals surface area (Å²) in [6.07, 6.45) is 3.53. The summed E-state index contributed by atoms with van der Waals surface area (Å²) in [6.45, 7) is 3.95. The molecule has 2 N–H and O–H groups in total. The number of hydrogen-bond donors (Lipinski definition) is 2. The maximum absolute atomic E-state index is 9.71. The molecule has 4 aromatic rings. The van der Waals surface area contributed by atoms with Gasteiger partial charge in [-0.1, -0.05) is 0 Å². The predicted octanol–water partition coefficient (Wildman–Crippen LogP) is 5.14. The second-order valence-corrected chi connectivity index (χ2v) is 11.2. The molecule has 0 saturated carbocycles. The van der Waals surface area contributed by atoms with Crippen LogP contribution in [0.15, 0.2) is 38.2 Å². The molecule has 29 heavy (non-hydrogen) atoms. The zero-order valence-electron chi connectivity index (χ0n) is 15.0. The van der Waals surface area contributed by atoms with Crippen molar-refractivity contribution in [2.24, 2.45) is 0 Å². The maximum Gasteiger partial charge on any atom is 0.178 e. The van der Waals surface area contributed by atoms with Crippen LogP contribution in [0.2, 0.25) is 0 Å². The Balaban J connectivity index is 0.000000176. The smallest absolute Gasteiger partial charge is 0.178 e. The molecule has 4 rings (SSSR count). The molecule has 8 nitrogen and oxygen atoms in total. The minimum atomic E-state index is -0.771. The highest BCUT2D eigenvalue weighted by Gasteiger charge is 2.15. The molecule has 0 atom stereocenters. The lowest BCUT2D eigenvalue weighted by molar-refractivity contribution is 0.0945. The van der Waals surface area contributed by atoms with Crippen LogP contribution in [0.3, 0.4) is 0 Å². The van der Waals surface area contributed by atoms with E-state index in [1.807, 2.05) is 12.1 Å². The van der Waals surface area contributed by atoms with Gasteiger partial charge in [-0.05, 0) is 119 Å². The van der Waals surface area contributed by atoms with E-state index >= 15 is 0 Å². The largest absolute Gasteiger partial charge is 0.389 e. The summed E-state index contributed by atoms with van der Waals surface area (Å²) in [5.41, 5.74) is 1.66. The van der Waals surface area contributed by atoms with Crippen LogP contribution in [0.5, 0.6) is 0 Å². The van der Waals surface area contributed by atoms with E-state index in [4.69, 9.17) is 0 Å². The van der Waals surface area contributed by atoms with E-state index in [0.717, 1.165) is 38.1 Å². The third kappa shape index (κ3) is 5.99. The van der Waals surface area contributed by atoms with Crippen molar-refractivity contribution in [3.05, 3.63) is 45.6 Å². The predicted molar refractivity (Wildman–Crippen MR) is 139 cm³/mol. The Morgan fingerprint density at radius 3 is 2.07 bits per heavy atom. The van der Waals surface area contributed by atoms with Crippen LogP contribution in [-0.2, 0) is 0 Å². The van der Waals surface area contributed by atoms with Gasteiger partial charge in [-0.25, -0.2) is 19.0 Å². The number of nitrogens with one attached hydrogen (secondary N) is 1. The molecule has 0 bridgehead atoms. The van der Waals surface area contributed by atoms with Crippen LogP contribution in [0.25, 0.3) is 11.3 Å². The van der Waals surface area contributed by atoms with Crippen molar-refractivity contribution in [3.63, 3.8) is 0 Å². The number of imidazole rings is 2. The van der Waals surface area contributed by atoms with E-state index in [1.165, 1.54) is 0 Å². The Hall–Kier alpha value is -0.100. The first-order valence-corrected chi connectivity index (χ1v) is 12.6. The fourth-order valence-electron chi connectivity index (χ4n) is 2.23. The summed E-state index contributed by atoms with van der Waals surface area (Å²) in [6, 6.07) is 3.72. The Morgan fingerprint density at radius 2 is 1.48 bits per heavy atom. The SMILES string of the molecule is Brc1cc(Br)c2ncc(I)n2n1.CC(C)(O)CNc1cc(Br)nn2c(I)cnc12. The lowest BCUT2D eigenvalue weighted by Gasteiger charge is -2.18. The van der Waals surface area contributed by atoms with Crippen LogP contribution in [0.4, 0.5) is 5.69 Å². The van der Waals surface area contributed by atoms with Crippen molar-refractivity contribution in [2.45, 2.75) is 19.4 Å². The van der Waals surface area contributed by atoms with Gasteiger partial charge in [0.05, 0.1) is 28.2 Å². The molecule has 0 radical (unpaired) electrons. The molecule has 13 heteroatoms. The molecule has 0 aliphatic heterocycles. The van der Waals surface area contributed by atoms with Crippen LogP contribution in [-0.4, -0.2) is 46.4 Å². The van der Waals surface area contributed by atoms with Gasteiger partial charge in [-0.3, -0.25) is 0 Å². The van der Waals surface area contributed by atoms with E-state index < -0.39 is 5.60 Å². The molecule has 154 valence electrons. The van der Waals surface area contributed by atoms with Gasteiger partial charge in [-0.15, -0.1) is 0 Å². The molecule has 0 saturated heterocycles. The monoisotopic (exact) mass is 811 g/mol. The molecule has 0 fully saturated rings. The zero-order chi connectivity index (χ0) is 21.3. The minimum absolute atomic E-state index is 0.447. The molecule has 0 unspecified atom stereocenters. The summed E-state index contributed by atoms with van der Waals surface area (Å²) in [4.78, 5) is 8.47. The van der Waals surface area contributed by atoms with Gasteiger partial charge >= 0.3 is 0 Å². The number of anilines is 1. The summed E-state index contributed by atoms with van der Waals surface area (Å²) >= 11 is 14.4. The zero-order valence-corrected chi connectivity index (χ0v) is 24.1. The van der Waals surface area contributed by atoms with Gasteiger partial charge in [0.15, 0.2) is 11.3 Å². The molecule has 4 aromatic heterocycles. The fourth-order valence-corrected chi connectivity index (χ4v) is 4.75. The van der Waals surface area contributed by atoms with Crippen molar-refractivity contribution in [3.8, 4) is 0 Å². The standard InChI is InChI=1S/C10H12BrIN4O.C6H2Br2IN3/c1-10(2,17)5-14-6-3-7(11)15-16-8(12)4-13-9(6)16;7-3-1-4(8)11-12-5(9)2-10-6(3)12/h3-4,14,17H,5H2,1-2H3;1-2H. The maximum atomic E-state index is 9.71. The molecular weight excluding hydrogens is 800 g/mol. The molecule has 0 aromatic carbocycles. The van der Waals surface area contributed by atoms with E-state index in [-0.39, 0.29) is 0 Å². The fraction of sp³-hybridized carbons (Fsp3) is 0.250. The lowest BCUT2D eigenvalue weighted by Crippen LogP contribution is -2.29. The topological polar surface area (TPSA) is 92.6 Å². The molecule has 0 amide bonds. The number of aromatic nitrogens is 6. The first-order valence-electron chi connectivity index (χ1n) is 8.06. The number of nitrogens with zero attached hydrogens (tertiary/aromatic N) is 6. The molecule has 0 spiro atoms. The number of aliphatic hydroxyl groups is 1. The number of fused-ring (bicyclic) bond motifs is 2. The van der Waals surface area contributed by atoms with Crippen molar-refractivity contribution in [2.75, 3.05) is 11.9 Å². The number of halogens is 5. The average molecular weight is 814 g/mol. The van der Waals surface area contributed by atoms with Crippen molar-refractivity contribution < 1.29 is 5.11 Å². The van der Waals surface area contributed by atoms with Crippen LogP contribution in [0, 0.1) is 7.40 Å². The van der Waals surface area contributed by atoms with Gasteiger partial charge in [0.25, 0.3) is 0 Å². The lowest BCUT2D eigenvalue weighted by atomic mass is 10.1. The summed E-state index contributed by atoms with van der Waals surface area (Å²) in [7, 11) is 0. The van der Waals surface area contributed by atoms with Gasteiger partial charge in [0, 0.05) is 6.54 Å². The van der Waals surface area contributed by atoms with E-state index in [1.54, 1.807) is 35.3 Å². The Labute approximate surface area is 218 Å². The van der Waals surface area contributed by atoms with Gasteiger partial charge in [-0.2, -0.15) is 10.2 Å². The Kier molecular flexibility index (Phi) is 7.79. The summed E-state index contributed by atoms with van der Waals surface area (Å²) < 4.78 is 7.89. The van der Waals surface area contributed by atoms with Crippen LogP contribution in [0.1, 0.15) is 13.8 Å². The third-order valence-electron chi connectivity index (χ3n) is 3.46. The van der Waals surface area contributed by atoms with Crippen LogP contribution < -0.4 is 5.32 Å². The summed E-state index contributed by atoms with van der Waals surface area (Å²) in [5.74, 6) is 0. The van der Waals surface area contributed by atoms with E-state index in [0.29, 0.717) is 6.54 Å². The molecule has 4 heterocycles. The second kappa shape index (κ2) is 9.58. The highest BCUT2D eigenvalue weighted by atomic mass is 127. The highest BCUT2D eigenvalue weighted by Crippen LogP contribution is 2.22. The van der Waals surface area contributed by atoms with Crippen LogP contribution >= 0.6 is 93.0 Å². The molecule has 0 aliphatic carbocycles. The van der Waals surface area contributed by atoms with Gasteiger partial charge < -0.3 is 10.4 Å². The molecular formula is C16H14Br3I2N7O. The van der Waals surface area contributed by atoms with Gasteiger partial charge in [0.1, 0.15) is 16.6 Å². The minimum Gasteiger partial charge on any atom is -0.389 e. The summed E-state index contributed by atoms with van der Waals surface area (Å²) in [5, 5.41) is 21.4. The van der Waals surface area contributed by atoms with E-state index in [2.05, 4.69) is 118 Å². The molecule has 0 aliphatic rings. The normalized spacial score (nSPS) is 11.6. The van der Waals surface area contributed by atoms with E-state index in [9.17, 15) is 5.11 Å². The Morgan fingerprint density at radius 1 is 0.966 bits per heavy atom. The second-order valence-electron chi connectivity index (χ2n) is 6.49. The quantitative estimate of drug-likeness (QED) is 0.279. The Bertz CT molecular complexity index is 1170.